The average molecular weight is 599 g/mol. The lowest BCUT2D eigenvalue weighted by molar-refractivity contribution is -0.149. The summed E-state index contributed by atoms with van der Waals surface area (Å²) >= 11 is 0. The number of carboxylic acid groups (broad SMARTS) is 1. The Hall–Kier alpha value is -4.46. The Bertz CT molecular complexity index is 1330. The van der Waals surface area contributed by atoms with Crippen molar-refractivity contribution < 1.29 is 29.0 Å². The summed E-state index contributed by atoms with van der Waals surface area (Å²) < 4.78 is 5.16. The first-order valence-corrected chi connectivity index (χ1v) is 15.5. The number of nitrogens with zero attached hydrogens (tertiary/aromatic N) is 1. The molecule has 1 aliphatic carbocycles. The van der Waals surface area contributed by atoms with Crippen molar-refractivity contribution in [1.29, 1.82) is 0 Å². The van der Waals surface area contributed by atoms with E-state index in [0.717, 1.165) is 24.0 Å². The van der Waals surface area contributed by atoms with Gasteiger partial charge in [0.1, 0.15) is 6.04 Å². The van der Waals surface area contributed by atoms with Crippen LogP contribution in [0.5, 0.6) is 0 Å². The van der Waals surface area contributed by atoms with Crippen LogP contribution >= 0.6 is 0 Å². The molecule has 3 aromatic rings. The van der Waals surface area contributed by atoms with Crippen molar-refractivity contribution in [3.8, 4) is 0 Å². The van der Waals surface area contributed by atoms with Gasteiger partial charge in [0.15, 0.2) is 0 Å². The number of rotatable bonds is 14. The molecule has 8 nitrogen and oxygen atoms in total. The van der Waals surface area contributed by atoms with E-state index in [1.807, 2.05) is 42.5 Å². The number of carbonyl (C=O) groups is 4. The molecule has 0 bridgehead atoms. The van der Waals surface area contributed by atoms with Crippen LogP contribution in [0.15, 0.2) is 91.0 Å². The van der Waals surface area contributed by atoms with Crippen molar-refractivity contribution in [3.63, 3.8) is 0 Å². The number of carboxylic acids is 1. The lowest BCUT2D eigenvalue weighted by Gasteiger charge is -2.32. The predicted octanol–water partition coefficient (Wildman–Crippen LogP) is 5.74. The van der Waals surface area contributed by atoms with Crippen LogP contribution in [0.4, 0.5) is 0 Å². The average Bonchev–Trinajstić information content (AvgIpc) is 3.06. The van der Waals surface area contributed by atoms with E-state index < -0.39 is 35.7 Å². The molecule has 0 aromatic heterocycles. The molecule has 8 heteroatoms. The molecule has 3 atom stereocenters. The molecular formula is C36H42N2O6. The van der Waals surface area contributed by atoms with Crippen molar-refractivity contribution in [2.45, 2.75) is 57.4 Å². The van der Waals surface area contributed by atoms with E-state index in [-0.39, 0.29) is 31.4 Å². The van der Waals surface area contributed by atoms with Crippen LogP contribution in [-0.4, -0.2) is 53.5 Å². The van der Waals surface area contributed by atoms with Gasteiger partial charge in [-0.1, -0.05) is 104 Å². The molecule has 0 saturated heterocycles. The molecule has 1 aliphatic rings. The van der Waals surface area contributed by atoms with Crippen molar-refractivity contribution in [1.82, 2.24) is 10.2 Å². The molecule has 232 valence electrons. The summed E-state index contributed by atoms with van der Waals surface area (Å²) in [5.41, 5.74) is 2.82. The molecular weight excluding hydrogens is 556 g/mol. The number of hydrogen-bond donors (Lipinski definition) is 2. The molecule has 4 rings (SSSR count). The monoisotopic (exact) mass is 598 g/mol. The standard InChI is InChI=1S/C36H42N2O6/c1-2-44-32(39)23-25-38(24-22-29(26-14-6-3-7-15-26)27-16-8-4-9-17-27)35(41)33(28-18-10-5-11-19-28)37-34(40)30-20-12-13-21-31(30)36(42)43/h3-11,14-19,29-31,33H,2,12-13,20-25H2,1H3,(H,37,40)(H,42,43)/t30-,31-,33?/m1/s1. The van der Waals surface area contributed by atoms with Gasteiger partial charge in [-0.05, 0) is 42.9 Å². The Kier molecular flexibility index (Phi) is 12.1. The van der Waals surface area contributed by atoms with Gasteiger partial charge in [0.05, 0.1) is 24.9 Å². The van der Waals surface area contributed by atoms with Gasteiger partial charge in [-0.3, -0.25) is 19.2 Å². The van der Waals surface area contributed by atoms with Crippen LogP contribution in [0.2, 0.25) is 0 Å². The smallest absolute Gasteiger partial charge is 0.307 e. The second-order valence-electron chi connectivity index (χ2n) is 11.2. The second kappa shape index (κ2) is 16.4. The molecule has 0 aliphatic heterocycles. The number of nitrogens with one attached hydrogen (secondary N) is 1. The zero-order chi connectivity index (χ0) is 31.3. The fourth-order valence-corrected chi connectivity index (χ4v) is 6.08. The molecule has 0 heterocycles. The fourth-order valence-electron chi connectivity index (χ4n) is 6.08. The molecule has 0 spiro atoms. The Morgan fingerprint density at radius 3 is 1.84 bits per heavy atom. The van der Waals surface area contributed by atoms with Gasteiger partial charge in [0.2, 0.25) is 11.8 Å². The van der Waals surface area contributed by atoms with Crippen molar-refractivity contribution >= 4 is 23.8 Å². The van der Waals surface area contributed by atoms with Crippen LogP contribution in [0, 0.1) is 11.8 Å². The van der Waals surface area contributed by atoms with Crippen molar-refractivity contribution in [3.05, 3.63) is 108 Å². The highest BCUT2D eigenvalue weighted by molar-refractivity contribution is 5.91. The van der Waals surface area contributed by atoms with E-state index in [1.54, 1.807) is 36.1 Å². The Balaban J connectivity index is 1.62. The lowest BCUT2D eigenvalue weighted by Crippen LogP contribution is -2.47. The van der Waals surface area contributed by atoms with E-state index in [2.05, 4.69) is 29.6 Å². The van der Waals surface area contributed by atoms with Gasteiger partial charge >= 0.3 is 11.9 Å². The number of amides is 2. The normalized spacial score (nSPS) is 17.0. The maximum atomic E-state index is 14.4. The maximum absolute atomic E-state index is 14.4. The van der Waals surface area contributed by atoms with Crippen molar-refractivity contribution in [2.75, 3.05) is 19.7 Å². The second-order valence-corrected chi connectivity index (χ2v) is 11.2. The Labute approximate surface area is 259 Å². The summed E-state index contributed by atoms with van der Waals surface area (Å²) in [6.07, 6.45) is 3.01. The minimum absolute atomic E-state index is 0.00127. The van der Waals surface area contributed by atoms with E-state index in [1.165, 1.54) is 0 Å². The number of benzene rings is 3. The topological polar surface area (TPSA) is 113 Å². The minimum atomic E-state index is -1.03. The van der Waals surface area contributed by atoms with Crippen LogP contribution < -0.4 is 5.32 Å². The molecule has 2 N–H and O–H groups in total. The van der Waals surface area contributed by atoms with Crippen LogP contribution in [0.1, 0.15) is 74.1 Å². The number of carbonyl (C=O) groups excluding carboxylic acids is 3. The lowest BCUT2D eigenvalue weighted by atomic mass is 9.78. The zero-order valence-electron chi connectivity index (χ0n) is 25.3. The third-order valence-corrected chi connectivity index (χ3v) is 8.38. The van der Waals surface area contributed by atoms with E-state index in [0.29, 0.717) is 31.4 Å². The highest BCUT2D eigenvalue weighted by atomic mass is 16.5. The van der Waals surface area contributed by atoms with E-state index in [4.69, 9.17) is 4.74 Å². The fraction of sp³-hybridized carbons (Fsp3) is 0.389. The first-order valence-electron chi connectivity index (χ1n) is 15.5. The number of hydrogen-bond acceptors (Lipinski definition) is 5. The molecule has 44 heavy (non-hydrogen) atoms. The molecule has 0 radical (unpaired) electrons. The third-order valence-electron chi connectivity index (χ3n) is 8.38. The quantitative estimate of drug-likeness (QED) is 0.229. The van der Waals surface area contributed by atoms with E-state index in [9.17, 15) is 24.3 Å². The van der Waals surface area contributed by atoms with Gasteiger partial charge in [-0.25, -0.2) is 0 Å². The van der Waals surface area contributed by atoms with Gasteiger partial charge < -0.3 is 20.1 Å². The third kappa shape index (κ3) is 8.78. The first kappa shape index (κ1) is 32.5. The summed E-state index contributed by atoms with van der Waals surface area (Å²) in [6, 6.07) is 28.1. The van der Waals surface area contributed by atoms with Crippen LogP contribution in [-0.2, 0) is 23.9 Å². The summed E-state index contributed by atoms with van der Waals surface area (Å²) in [7, 11) is 0. The largest absolute Gasteiger partial charge is 0.481 e. The SMILES string of the molecule is CCOC(=O)CCN(CCC(c1ccccc1)c1ccccc1)C(=O)C(NC(=O)[C@@H]1CCCC[C@H]1C(=O)O)c1ccccc1. The molecule has 1 saturated carbocycles. The predicted molar refractivity (Wildman–Crippen MR) is 168 cm³/mol. The number of esters is 1. The highest BCUT2D eigenvalue weighted by Crippen LogP contribution is 2.32. The minimum Gasteiger partial charge on any atom is -0.481 e. The van der Waals surface area contributed by atoms with Gasteiger partial charge in [0.25, 0.3) is 0 Å². The molecule has 3 aromatic carbocycles. The summed E-state index contributed by atoms with van der Waals surface area (Å²) in [5, 5.41) is 12.7. The summed E-state index contributed by atoms with van der Waals surface area (Å²) in [6.45, 7) is 2.43. The number of aliphatic carboxylic acids is 1. The van der Waals surface area contributed by atoms with Crippen molar-refractivity contribution in [2.24, 2.45) is 11.8 Å². The van der Waals surface area contributed by atoms with Gasteiger partial charge in [-0.15, -0.1) is 0 Å². The Morgan fingerprint density at radius 1 is 0.795 bits per heavy atom. The zero-order valence-corrected chi connectivity index (χ0v) is 25.3. The Morgan fingerprint density at radius 2 is 1.32 bits per heavy atom. The summed E-state index contributed by atoms with van der Waals surface area (Å²) in [4.78, 5) is 53.9. The van der Waals surface area contributed by atoms with Gasteiger partial charge in [-0.2, -0.15) is 0 Å². The molecule has 1 fully saturated rings. The molecule has 2 amide bonds. The van der Waals surface area contributed by atoms with E-state index >= 15 is 0 Å². The first-order chi connectivity index (χ1) is 21.4. The van der Waals surface area contributed by atoms with Crippen LogP contribution in [0.3, 0.4) is 0 Å². The maximum Gasteiger partial charge on any atom is 0.307 e. The van der Waals surface area contributed by atoms with Crippen LogP contribution in [0.25, 0.3) is 0 Å². The number of ether oxygens (including phenoxy) is 1. The highest BCUT2D eigenvalue weighted by Gasteiger charge is 2.38. The van der Waals surface area contributed by atoms with Gasteiger partial charge in [0, 0.05) is 19.0 Å². The molecule has 1 unspecified atom stereocenters. The summed E-state index contributed by atoms with van der Waals surface area (Å²) in [5.74, 6) is -3.68.